The van der Waals surface area contributed by atoms with Crippen LogP contribution in [0.4, 0.5) is 0 Å². The number of hydrogen-bond donors (Lipinski definition) is 1. The van der Waals surface area contributed by atoms with Gasteiger partial charge in [-0.2, -0.15) is 0 Å². The molecule has 1 unspecified atom stereocenters. The lowest BCUT2D eigenvalue weighted by atomic mass is 9.82. The number of amides is 3. The summed E-state index contributed by atoms with van der Waals surface area (Å²) in [5.41, 5.74) is 1.06. The molecular formula is C19H21N3O3. The molecule has 25 heavy (non-hydrogen) atoms. The van der Waals surface area contributed by atoms with Gasteiger partial charge in [-0.3, -0.25) is 19.7 Å². The number of carbonyl (C=O) groups excluding carboxylic acids is 3. The largest absolute Gasteiger partial charge is 0.351 e. The molecule has 1 N–H and O–H groups in total. The Morgan fingerprint density at radius 2 is 2.04 bits per heavy atom. The standard InChI is InChI=1S/C19H21N3O3/c1-21-10-7-13-14(4-2-5-15(13)21)17(24)22-11-9-19(12-22)8-3-6-16(23)20-18(19)25/h2,4-5,7,10H,3,6,8-9,11-12H2,1H3,(H,20,23,25). The molecule has 4 rings (SSSR count). The average Bonchev–Trinajstić information content (AvgIpc) is 3.16. The first kappa shape index (κ1) is 15.9. The van der Waals surface area contributed by atoms with Crippen LogP contribution in [0.15, 0.2) is 30.5 Å². The number of nitrogens with zero attached hydrogens (tertiary/aromatic N) is 2. The third-order valence-electron chi connectivity index (χ3n) is 5.59. The molecule has 3 amide bonds. The maximum atomic E-state index is 13.1. The minimum absolute atomic E-state index is 0.0444. The fourth-order valence-corrected chi connectivity index (χ4v) is 4.12. The lowest BCUT2D eigenvalue weighted by Crippen LogP contribution is -2.43. The molecule has 2 fully saturated rings. The van der Waals surface area contributed by atoms with Crippen molar-refractivity contribution >= 4 is 28.6 Å². The van der Waals surface area contributed by atoms with E-state index in [0.29, 0.717) is 44.3 Å². The van der Waals surface area contributed by atoms with Gasteiger partial charge < -0.3 is 9.47 Å². The van der Waals surface area contributed by atoms with Gasteiger partial charge in [0, 0.05) is 49.2 Å². The molecule has 2 aliphatic heterocycles. The Bertz CT molecular complexity index is 885. The number of rotatable bonds is 1. The normalized spacial score (nSPS) is 24.0. The zero-order valence-electron chi connectivity index (χ0n) is 14.2. The molecule has 1 aromatic heterocycles. The van der Waals surface area contributed by atoms with Crippen molar-refractivity contribution in [1.29, 1.82) is 0 Å². The molecule has 0 aliphatic carbocycles. The topological polar surface area (TPSA) is 71.4 Å². The van der Waals surface area contributed by atoms with Gasteiger partial charge in [0.25, 0.3) is 5.91 Å². The van der Waals surface area contributed by atoms with Crippen molar-refractivity contribution in [2.24, 2.45) is 12.5 Å². The van der Waals surface area contributed by atoms with Crippen molar-refractivity contribution < 1.29 is 14.4 Å². The first-order valence-electron chi connectivity index (χ1n) is 8.68. The van der Waals surface area contributed by atoms with E-state index >= 15 is 0 Å². The van der Waals surface area contributed by atoms with E-state index in [2.05, 4.69) is 5.32 Å². The Hall–Kier alpha value is -2.63. The van der Waals surface area contributed by atoms with Gasteiger partial charge in [-0.05, 0) is 37.5 Å². The highest BCUT2D eigenvalue weighted by Crippen LogP contribution is 2.38. The number of benzene rings is 1. The zero-order valence-corrected chi connectivity index (χ0v) is 14.2. The summed E-state index contributed by atoms with van der Waals surface area (Å²) in [6.07, 6.45) is 4.28. The van der Waals surface area contributed by atoms with Gasteiger partial charge in [-0.1, -0.05) is 6.07 Å². The summed E-state index contributed by atoms with van der Waals surface area (Å²) in [6, 6.07) is 7.66. The highest BCUT2D eigenvalue weighted by molar-refractivity contribution is 6.07. The van der Waals surface area contributed by atoms with Crippen LogP contribution in [0.3, 0.4) is 0 Å². The number of aryl methyl sites for hydroxylation is 1. The third-order valence-corrected chi connectivity index (χ3v) is 5.59. The fraction of sp³-hybridized carbons (Fsp3) is 0.421. The first-order valence-corrected chi connectivity index (χ1v) is 8.68. The second-order valence-electron chi connectivity index (χ2n) is 7.15. The molecule has 6 heteroatoms. The van der Waals surface area contributed by atoms with Crippen LogP contribution < -0.4 is 5.32 Å². The molecule has 3 heterocycles. The molecule has 0 radical (unpaired) electrons. The van der Waals surface area contributed by atoms with Crippen LogP contribution in [0, 0.1) is 5.41 Å². The summed E-state index contributed by atoms with van der Waals surface area (Å²) >= 11 is 0. The Kier molecular flexibility index (Phi) is 3.63. The minimum atomic E-state index is -0.619. The number of hydrogen-bond acceptors (Lipinski definition) is 3. The fourth-order valence-electron chi connectivity index (χ4n) is 4.12. The Morgan fingerprint density at radius 3 is 2.88 bits per heavy atom. The molecule has 1 spiro atoms. The molecule has 130 valence electrons. The summed E-state index contributed by atoms with van der Waals surface area (Å²) in [7, 11) is 1.95. The predicted octanol–water partition coefficient (Wildman–Crippen LogP) is 1.84. The highest BCUT2D eigenvalue weighted by atomic mass is 16.2. The zero-order chi connectivity index (χ0) is 17.6. The number of aromatic nitrogens is 1. The lowest BCUT2D eigenvalue weighted by molar-refractivity contribution is -0.135. The molecule has 0 bridgehead atoms. The van der Waals surface area contributed by atoms with Crippen molar-refractivity contribution in [2.75, 3.05) is 13.1 Å². The molecular weight excluding hydrogens is 318 g/mol. The van der Waals surface area contributed by atoms with E-state index in [1.54, 1.807) is 4.90 Å². The molecule has 2 saturated heterocycles. The van der Waals surface area contributed by atoms with E-state index in [1.165, 1.54) is 0 Å². The van der Waals surface area contributed by atoms with Gasteiger partial charge in [0.15, 0.2) is 0 Å². The summed E-state index contributed by atoms with van der Waals surface area (Å²) in [4.78, 5) is 38.9. The minimum Gasteiger partial charge on any atom is -0.351 e. The van der Waals surface area contributed by atoms with Crippen LogP contribution in [-0.4, -0.2) is 40.3 Å². The van der Waals surface area contributed by atoms with E-state index < -0.39 is 5.41 Å². The second kappa shape index (κ2) is 5.72. The maximum Gasteiger partial charge on any atom is 0.254 e. The van der Waals surface area contributed by atoms with Gasteiger partial charge in [0.1, 0.15) is 0 Å². The number of nitrogens with one attached hydrogen (secondary N) is 1. The van der Waals surface area contributed by atoms with E-state index in [-0.39, 0.29) is 17.7 Å². The average molecular weight is 339 g/mol. The number of likely N-dealkylation sites (tertiary alicyclic amines) is 1. The molecule has 2 aliphatic rings. The molecule has 1 aromatic carbocycles. The summed E-state index contributed by atoms with van der Waals surface area (Å²) in [5.74, 6) is -0.471. The van der Waals surface area contributed by atoms with Crippen molar-refractivity contribution in [3.05, 3.63) is 36.0 Å². The summed E-state index contributed by atoms with van der Waals surface area (Å²) < 4.78 is 1.99. The van der Waals surface area contributed by atoms with E-state index in [0.717, 1.165) is 10.9 Å². The van der Waals surface area contributed by atoms with Crippen LogP contribution >= 0.6 is 0 Å². The van der Waals surface area contributed by atoms with Gasteiger partial charge in [-0.25, -0.2) is 0 Å². The smallest absolute Gasteiger partial charge is 0.254 e. The van der Waals surface area contributed by atoms with Gasteiger partial charge in [0.05, 0.1) is 5.41 Å². The molecule has 1 atom stereocenters. The van der Waals surface area contributed by atoms with E-state index in [1.807, 2.05) is 42.1 Å². The number of carbonyl (C=O) groups is 3. The van der Waals surface area contributed by atoms with Crippen molar-refractivity contribution in [1.82, 2.24) is 14.8 Å². The summed E-state index contributed by atoms with van der Waals surface area (Å²) in [5, 5.41) is 3.41. The predicted molar refractivity (Wildman–Crippen MR) is 92.9 cm³/mol. The summed E-state index contributed by atoms with van der Waals surface area (Å²) in [6.45, 7) is 0.928. The van der Waals surface area contributed by atoms with Crippen LogP contribution in [0.2, 0.25) is 0 Å². The molecule has 2 aromatic rings. The van der Waals surface area contributed by atoms with Gasteiger partial charge in [-0.15, -0.1) is 0 Å². The highest BCUT2D eigenvalue weighted by Gasteiger charge is 2.47. The van der Waals surface area contributed by atoms with E-state index in [9.17, 15) is 14.4 Å². The van der Waals surface area contributed by atoms with E-state index in [4.69, 9.17) is 0 Å². The first-order chi connectivity index (χ1) is 12.0. The maximum absolute atomic E-state index is 13.1. The van der Waals surface area contributed by atoms with Crippen molar-refractivity contribution in [3.63, 3.8) is 0 Å². The van der Waals surface area contributed by atoms with Gasteiger partial charge >= 0.3 is 0 Å². The Morgan fingerprint density at radius 1 is 1.20 bits per heavy atom. The van der Waals surface area contributed by atoms with Crippen molar-refractivity contribution in [3.8, 4) is 0 Å². The SMILES string of the molecule is Cn1ccc2c(C(=O)N3CCC4(CCCC(=O)NC4=O)C3)cccc21. The number of imide groups is 1. The van der Waals surface area contributed by atoms with Crippen LogP contribution in [0.5, 0.6) is 0 Å². The molecule has 6 nitrogen and oxygen atoms in total. The van der Waals surface area contributed by atoms with Crippen molar-refractivity contribution in [2.45, 2.75) is 25.7 Å². The monoisotopic (exact) mass is 339 g/mol. The van der Waals surface area contributed by atoms with Gasteiger partial charge in [0.2, 0.25) is 11.8 Å². The Labute approximate surface area is 145 Å². The third kappa shape index (κ3) is 2.52. The van der Waals surface area contributed by atoms with Crippen LogP contribution in [0.25, 0.3) is 10.9 Å². The van der Waals surface area contributed by atoms with Crippen LogP contribution in [-0.2, 0) is 16.6 Å². The second-order valence-corrected chi connectivity index (χ2v) is 7.15. The van der Waals surface area contributed by atoms with Crippen LogP contribution in [0.1, 0.15) is 36.0 Å². The Balaban J connectivity index is 1.62. The lowest BCUT2D eigenvalue weighted by Gasteiger charge is -2.25. The number of fused-ring (bicyclic) bond motifs is 1. The quantitative estimate of drug-likeness (QED) is 0.806. The molecule has 0 saturated carbocycles.